The second-order valence-electron chi connectivity index (χ2n) is 5.91. The van der Waals surface area contributed by atoms with E-state index >= 15 is 0 Å². The van der Waals surface area contributed by atoms with Crippen LogP contribution < -0.4 is 5.73 Å². The van der Waals surface area contributed by atoms with Gasteiger partial charge in [-0.2, -0.15) is 11.8 Å². The summed E-state index contributed by atoms with van der Waals surface area (Å²) in [4.78, 5) is 5.17. The Morgan fingerprint density at radius 1 is 1.35 bits per heavy atom. The molecule has 2 N–H and O–H groups in total. The van der Waals surface area contributed by atoms with Gasteiger partial charge in [0, 0.05) is 42.2 Å². The van der Waals surface area contributed by atoms with Gasteiger partial charge in [0.2, 0.25) is 0 Å². The number of hydrogen-bond donors (Lipinski definition) is 1. The van der Waals surface area contributed by atoms with Crippen LogP contribution in [0.1, 0.15) is 26.7 Å². The van der Waals surface area contributed by atoms with Crippen LogP contribution in [0.25, 0.3) is 0 Å². The lowest BCUT2D eigenvalue weighted by molar-refractivity contribution is 0.0728. The molecule has 17 heavy (non-hydrogen) atoms. The van der Waals surface area contributed by atoms with Crippen LogP contribution >= 0.6 is 11.8 Å². The van der Waals surface area contributed by atoms with Crippen molar-refractivity contribution in [1.29, 1.82) is 0 Å². The summed E-state index contributed by atoms with van der Waals surface area (Å²) >= 11 is 2.10. The molecule has 2 rings (SSSR count). The zero-order valence-corrected chi connectivity index (χ0v) is 12.3. The van der Waals surface area contributed by atoms with E-state index in [9.17, 15) is 0 Å². The number of likely N-dealkylation sites (N-methyl/N-ethyl adjacent to an activating group) is 1. The minimum absolute atomic E-state index is 0.272. The summed E-state index contributed by atoms with van der Waals surface area (Å²) in [6.07, 6.45) is 2.55. The highest BCUT2D eigenvalue weighted by Crippen LogP contribution is 2.39. The molecule has 2 aliphatic heterocycles. The monoisotopic (exact) mass is 257 g/mol. The molecular weight excluding hydrogens is 230 g/mol. The minimum Gasteiger partial charge on any atom is -0.329 e. The lowest BCUT2D eigenvalue weighted by Crippen LogP contribution is -2.58. The first-order chi connectivity index (χ1) is 8.07. The van der Waals surface area contributed by atoms with Crippen LogP contribution in [-0.2, 0) is 0 Å². The van der Waals surface area contributed by atoms with Crippen LogP contribution in [0, 0.1) is 0 Å². The average molecular weight is 257 g/mol. The molecule has 0 aromatic carbocycles. The van der Waals surface area contributed by atoms with Crippen molar-refractivity contribution in [2.75, 3.05) is 39.0 Å². The molecule has 0 aromatic rings. The largest absolute Gasteiger partial charge is 0.329 e. The molecule has 3 nitrogen and oxygen atoms in total. The maximum Gasteiger partial charge on any atom is 0.0435 e. The normalized spacial score (nSPS) is 41.6. The van der Waals surface area contributed by atoms with Crippen LogP contribution in [0.15, 0.2) is 0 Å². The number of nitrogens with two attached hydrogens (primary N) is 1. The Hall–Kier alpha value is 0.230. The Morgan fingerprint density at radius 3 is 2.71 bits per heavy atom. The van der Waals surface area contributed by atoms with Gasteiger partial charge in [-0.1, -0.05) is 6.92 Å². The van der Waals surface area contributed by atoms with Gasteiger partial charge in [0.1, 0.15) is 0 Å². The highest BCUT2D eigenvalue weighted by molar-refractivity contribution is 8.00. The van der Waals surface area contributed by atoms with Gasteiger partial charge in [-0.25, -0.2) is 0 Å². The van der Waals surface area contributed by atoms with Crippen LogP contribution in [0.2, 0.25) is 0 Å². The van der Waals surface area contributed by atoms with Crippen LogP contribution in [-0.4, -0.2) is 65.6 Å². The van der Waals surface area contributed by atoms with Gasteiger partial charge in [-0.3, -0.25) is 4.90 Å². The van der Waals surface area contributed by atoms with Crippen molar-refractivity contribution in [2.24, 2.45) is 5.73 Å². The third-order valence-corrected chi connectivity index (χ3v) is 5.78. The molecule has 0 radical (unpaired) electrons. The molecule has 2 aliphatic rings. The van der Waals surface area contributed by atoms with Crippen LogP contribution in [0.4, 0.5) is 0 Å². The molecule has 2 heterocycles. The van der Waals surface area contributed by atoms with Gasteiger partial charge in [0.15, 0.2) is 0 Å². The van der Waals surface area contributed by atoms with E-state index in [0.717, 1.165) is 11.8 Å². The second-order valence-corrected chi connectivity index (χ2v) is 7.34. The Balaban J connectivity index is 2.12. The van der Waals surface area contributed by atoms with Crippen LogP contribution in [0.3, 0.4) is 0 Å². The van der Waals surface area contributed by atoms with E-state index in [1.165, 1.54) is 38.2 Å². The number of nitrogens with zero attached hydrogens (tertiary/aromatic N) is 2. The second kappa shape index (κ2) is 5.47. The molecule has 0 amide bonds. The SMILES string of the molecule is CC1CC(CN)(N2CCCN(C)CC2C)CS1. The van der Waals surface area contributed by atoms with Crippen LogP contribution in [0.5, 0.6) is 0 Å². The molecule has 3 unspecified atom stereocenters. The maximum atomic E-state index is 6.14. The van der Waals surface area contributed by atoms with E-state index in [4.69, 9.17) is 5.73 Å². The quantitative estimate of drug-likeness (QED) is 0.807. The Labute approximate surface area is 110 Å². The first-order valence-corrected chi connectivity index (χ1v) is 7.89. The van der Waals surface area contributed by atoms with Gasteiger partial charge < -0.3 is 10.6 Å². The third kappa shape index (κ3) is 2.80. The van der Waals surface area contributed by atoms with Crippen molar-refractivity contribution in [2.45, 2.75) is 43.5 Å². The lowest BCUT2D eigenvalue weighted by Gasteiger charge is -2.43. The maximum absolute atomic E-state index is 6.14. The molecule has 0 aromatic heterocycles. The van der Waals surface area contributed by atoms with Gasteiger partial charge >= 0.3 is 0 Å². The van der Waals surface area contributed by atoms with Gasteiger partial charge in [-0.15, -0.1) is 0 Å². The molecule has 0 saturated carbocycles. The topological polar surface area (TPSA) is 32.5 Å². The minimum atomic E-state index is 0.272. The van der Waals surface area contributed by atoms with Crippen molar-refractivity contribution in [3.63, 3.8) is 0 Å². The van der Waals surface area contributed by atoms with Gasteiger partial charge in [0.25, 0.3) is 0 Å². The van der Waals surface area contributed by atoms with E-state index in [1.807, 2.05) is 0 Å². The van der Waals surface area contributed by atoms with E-state index < -0.39 is 0 Å². The fraction of sp³-hybridized carbons (Fsp3) is 1.00. The molecular formula is C13H27N3S. The zero-order valence-electron chi connectivity index (χ0n) is 11.5. The fourth-order valence-electron chi connectivity index (χ4n) is 3.49. The predicted molar refractivity (Wildman–Crippen MR) is 76.6 cm³/mol. The summed E-state index contributed by atoms with van der Waals surface area (Å²) < 4.78 is 0. The summed E-state index contributed by atoms with van der Waals surface area (Å²) in [5, 5.41) is 0.770. The molecule has 0 spiro atoms. The molecule has 100 valence electrons. The highest BCUT2D eigenvalue weighted by atomic mass is 32.2. The molecule has 3 atom stereocenters. The highest BCUT2D eigenvalue weighted by Gasteiger charge is 2.44. The van der Waals surface area contributed by atoms with Crippen molar-refractivity contribution < 1.29 is 0 Å². The predicted octanol–water partition coefficient (Wildman–Crippen LogP) is 1.24. The van der Waals surface area contributed by atoms with Gasteiger partial charge in [-0.05, 0) is 33.4 Å². The van der Waals surface area contributed by atoms with Crippen molar-refractivity contribution >= 4 is 11.8 Å². The number of thioether (sulfide) groups is 1. The summed E-state index contributed by atoms with van der Waals surface area (Å²) in [7, 11) is 2.24. The van der Waals surface area contributed by atoms with Gasteiger partial charge in [0.05, 0.1) is 0 Å². The first kappa shape index (κ1) is 13.7. The summed E-state index contributed by atoms with van der Waals surface area (Å²) in [5.74, 6) is 1.22. The third-order valence-electron chi connectivity index (χ3n) is 4.34. The zero-order chi connectivity index (χ0) is 12.5. The van der Waals surface area contributed by atoms with Crippen molar-refractivity contribution in [1.82, 2.24) is 9.80 Å². The standard InChI is InChI=1S/C13H27N3S/c1-11-8-15(3)5-4-6-16(11)13(9-14)7-12(2)17-10-13/h11-12H,4-10,14H2,1-3H3. The fourth-order valence-corrected chi connectivity index (χ4v) is 4.91. The van der Waals surface area contributed by atoms with Crippen molar-refractivity contribution in [3.8, 4) is 0 Å². The first-order valence-electron chi connectivity index (χ1n) is 6.84. The average Bonchev–Trinajstić information content (AvgIpc) is 2.58. The number of hydrogen-bond acceptors (Lipinski definition) is 4. The molecule has 4 heteroatoms. The molecule has 2 saturated heterocycles. The Kier molecular flexibility index (Phi) is 4.40. The van der Waals surface area contributed by atoms with Crippen molar-refractivity contribution in [3.05, 3.63) is 0 Å². The van der Waals surface area contributed by atoms with E-state index in [1.54, 1.807) is 0 Å². The Bertz CT molecular complexity index is 261. The smallest absolute Gasteiger partial charge is 0.0435 e. The van der Waals surface area contributed by atoms with E-state index in [-0.39, 0.29) is 5.54 Å². The molecule has 0 bridgehead atoms. The Morgan fingerprint density at radius 2 is 2.12 bits per heavy atom. The number of rotatable bonds is 2. The molecule has 2 fully saturated rings. The van der Waals surface area contributed by atoms with E-state index in [2.05, 4.69) is 42.5 Å². The summed E-state index contributed by atoms with van der Waals surface area (Å²) in [5.41, 5.74) is 6.41. The summed E-state index contributed by atoms with van der Waals surface area (Å²) in [6.45, 7) is 9.16. The lowest BCUT2D eigenvalue weighted by atomic mass is 9.92. The molecule has 0 aliphatic carbocycles. The summed E-state index contributed by atoms with van der Waals surface area (Å²) in [6, 6.07) is 0.636. The van der Waals surface area contributed by atoms with E-state index in [0.29, 0.717) is 6.04 Å².